The van der Waals surface area contributed by atoms with E-state index in [2.05, 4.69) is 39.2 Å². The maximum absolute atomic E-state index is 5.33. The Morgan fingerprint density at radius 3 is 2.41 bits per heavy atom. The van der Waals surface area contributed by atoms with Crippen molar-refractivity contribution < 1.29 is 9.47 Å². The van der Waals surface area contributed by atoms with Crippen molar-refractivity contribution in [3.05, 3.63) is 48.2 Å². The van der Waals surface area contributed by atoms with Gasteiger partial charge in [-0.1, -0.05) is 6.07 Å². The molecule has 8 heteroatoms. The lowest BCUT2D eigenvalue weighted by molar-refractivity contribution is 0.371. The number of hydrogen-bond donors (Lipinski definition) is 1. The Bertz CT molecular complexity index is 777. The van der Waals surface area contributed by atoms with E-state index in [4.69, 9.17) is 14.5 Å². The standard InChI is InChI=1S/C21H29N5O2.HI/c1-4-22-21(24-16-17-6-5-11-23-20(17)28-3)26-14-12-25(13-15-26)18-7-9-19(27-2)10-8-18;/h5-11H,4,12-16H2,1-3H3,(H,22,24);1H. The molecule has 2 aromatic rings. The summed E-state index contributed by atoms with van der Waals surface area (Å²) in [5.74, 6) is 2.45. The number of pyridine rings is 1. The van der Waals surface area contributed by atoms with Gasteiger partial charge in [-0.2, -0.15) is 0 Å². The first kappa shape index (κ1) is 23.1. The number of guanidine groups is 1. The van der Waals surface area contributed by atoms with Crippen molar-refractivity contribution >= 4 is 35.6 Å². The van der Waals surface area contributed by atoms with E-state index in [0.717, 1.165) is 50.0 Å². The molecule has 1 aliphatic rings. The van der Waals surface area contributed by atoms with E-state index in [1.54, 1.807) is 20.4 Å². The van der Waals surface area contributed by atoms with Crippen LogP contribution in [0.1, 0.15) is 12.5 Å². The second-order valence-corrected chi connectivity index (χ2v) is 6.51. The van der Waals surface area contributed by atoms with Gasteiger partial charge in [0.2, 0.25) is 5.88 Å². The fourth-order valence-corrected chi connectivity index (χ4v) is 3.28. The highest BCUT2D eigenvalue weighted by atomic mass is 127. The van der Waals surface area contributed by atoms with E-state index in [1.807, 2.05) is 24.3 Å². The van der Waals surface area contributed by atoms with Gasteiger partial charge in [0.1, 0.15) is 5.75 Å². The van der Waals surface area contributed by atoms with E-state index in [-0.39, 0.29) is 24.0 Å². The Balaban J connectivity index is 0.00000300. The predicted molar refractivity (Wildman–Crippen MR) is 128 cm³/mol. The van der Waals surface area contributed by atoms with Crippen LogP contribution in [0.25, 0.3) is 0 Å². The van der Waals surface area contributed by atoms with Gasteiger partial charge in [-0.25, -0.2) is 9.98 Å². The first-order valence-corrected chi connectivity index (χ1v) is 9.65. The summed E-state index contributed by atoms with van der Waals surface area (Å²) >= 11 is 0. The Kier molecular flexibility index (Phi) is 9.30. The van der Waals surface area contributed by atoms with Gasteiger partial charge in [-0.05, 0) is 37.3 Å². The number of aromatic nitrogens is 1. The topological polar surface area (TPSA) is 62.2 Å². The maximum atomic E-state index is 5.33. The van der Waals surface area contributed by atoms with Gasteiger partial charge in [0.05, 0.1) is 20.8 Å². The second-order valence-electron chi connectivity index (χ2n) is 6.51. The number of rotatable bonds is 6. The largest absolute Gasteiger partial charge is 0.497 e. The average molecular weight is 511 g/mol. The molecule has 1 aliphatic heterocycles. The van der Waals surface area contributed by atoms with Gasteiger partial charge >= 0.3 is 0 Å². The van der Waals surface area contributed by atoms with E-state index >= 15 is 0 Å². The number of anilines is 1. The van der Waals surface area contributed by atoms with Crippen LogP contribution in [-0.4, -0.2) is 62.8 Å². The second kappa shape index (κ2) is 11.7. The van der Waals surface area contributed by atoms with Crippen LogP contribution in [0.3, 0.4) is 0 Å². The Morgan fingerprint density at radius 2 is 1.79 bits per heavy atom. The molecule has 1 N–H and O–H groups in total. The number of benzene rings is 1. The SMILES string of the molecule is CCNC(=NCc1cccnc1OC)N1CCN(c2ccc(OC)cc2)CC1.I. The highest BCUT2D eigenvalue weighted by Crippen LogP contribution is 2.21. The smallest absolute Gasteiger partial charge is 0.218 e. The van der Waals surface area contributed by atoms with E-state index < -0.39 is 0 Å². The molecule has 29 heavy (non-hydrogen) atoms. The van der Waals surface area contributed by atoms with E-state index in [9.17, 15) is 0 Å². The molecule has 7 nitrogen and oxygen atoms in total. The lowest BCUT2D eigenvalue weighted by Gasteiger charge is -2.37. The van der Waals surface area contributed by atoms with Crippen molar-refractivity contribution in [2.45, 2.75) is 13.5 Å². The molecular formula is C21H30IN5O2. The van der Waals surface area contributed by atoms with Crippen molar-refractivity contribution in [2.24, 2.45) is 4.99 Å². The maximum Gasteiger partial charge on any atom is 0.218 e. The van der Waals surface area contributed by atoms with Crippen LogP contribution in [0.5, 0.6) is 11.6 Å². The summed E-state index contributed by atoms with van der Waals surface area (Å²) in [6.07, 6.45) is 1.73. The number of halogens is 1. The number of nitrogens with one attached hydrogen (secondary N) is 1. The van der Waals surface area contributed by atoms with Gasteiger partial charge < -0.3 is 24.6 Å². The van der Waals surface area contributed by atoms with Gasteiger partial charge in [-0.3, -0.25) is 0 Å². The van der Waals surface area contributed by atoms with Crippen molar-refractivity contribution in [2.75, 3.05) is 51.8 Å². The first-order valence-electron chi connectivity index (χ1n) is 9.65. The Morgan fingerprint density at radius 1 is 1.07 bits per heavy atom. The van der Waals surface area contributed by atoms with Crippen LogP contribution in [0.2, 0.25) is 0 Å². The molecule has 0 bridgehead atoms. The third-order valence-electron chi connectivity index (χ3n) is 4.79. The summed E-state index contributed by atoms with van der Waals surface area (Å²) in [5.41, 5.74) is 2.21. The monoisotopic (exact) mass is 511 g/mol. The minimum atomic E-state index is 0. The summed E-state index contributed by atoms with van der Waals surface area (Å²) < 4.78 is 10.6. The van der Waals surface area contributed by atoms with Gasteiger partial charge in [0.15, 0.2) is 5.96 Å². The third-order valence-corrected chi connectivity index (χ3v) is 4.79. The zero-order valence-corrected chi connectivity index (χ0v) is 19.6. The molecule has 0 amide bonds. The van der Waals surface area contributed by atoms with Gasteiger partial charge in [0, 0.05) is 50.2 Å². The summed E-state index contributed by atoms with van der Waals surface area (Å²) in [5, 5.41) is 3.41. The highest BCUT2D eigenvalue weighted by Gasteiger charge is 2.20. The van der Waals surface area contributed by atoms with E-state index in [0.29, 0.717) is 12.4 Å². The summed E-state index contributed by atoms with van der Waals surface area (Å²) in [6.45, 7) is 7.21. The molecule has 1 aromatic heterocycles. The van der Waals surface area contributed by atoms with Crippen LogP contribution in [0, 0.1) is 0 Å². The molecular weight excluding hydrogens is 481 g/mol. The zero-order chi connectivity index (χ0) is 19.8. The number of piperazine rings is 1. The summed E-state index contributed by atoms with van der Waals surface area (Å²) in [6, 6.07) is 12.2. The molecule has 158 valence electrons. The van der Waals surface area contributed by atoms with Crippen LogP contribution in [-0.2, 0) is 6.54 Å². The lowest BCUT2D eigenvalue weighted by atomic mass is 10.2. The molecule has 1 aromatic carbocycles. The highest BCUT2D eigenvalue weighted by molar-refractivity contribution is 14.0. The first-order chi connectivity index (χ1) is 13.7. The third kappa shape index (κ3) is 6.12. The lowest BCUT2D eigenvalue weighted by Crippen LogP contribution is -2.52. The summed E-state index contributed by atoms with van der Waals surface area (Å²) in [7, 11) is 3.33. The number of aliphatic imine (C=N–C) groups is 1. The quantitative estimate of drug-likeness (QED) is 0.366. The average Bonchev–Trinajstić information content (AvgIpc) is 2.77. The van der Waals surface area contributed by atoms with Gasteiger partial charge in [0.25, 0.3) is 0 Å². The van der Waals surface area contributed by atoms with Crippen molar-refractivity contribution in [1.29, 1.82) is 0 Å². The summed E-state index contributed by atoms with van der Waals surface area (Å²) in [4.78, 5) is 13.8. The molecule has 0 unspecified atom stereocenters. The molecule has 0 aliphatic carbocycles. The normalized spacial score (nSPS) is 14.2. The van der Waals surface area contributed by atoms with Crippen LogP contribution >= 0.6 is 24.0 Å². The Hall–Kier alpha value is -2.23. The molecule has 1 fully saturated rings. The molecule has 0 radical (unpaired) electrons. The Labute approximate surface area is 190 Å². The molecule has 0 spiro atoms. The fourth-order valence-electron chi connectivity index (χ4n) is 3.28. The molecule has 1 saturated heterocycles. The fraction of sp³-hybridized carbons (Fsp3) is 0.429. The van der Waals surface area contributed by atoms with Crippen molar-refractivity contribution in [3.63, 3.8) is 0 Å². The minimum Gasteiger partial charge on any atom is -0.497 e. The minimum absolute atomic E-state index is 0. The number of nitrogens with zero attached hydrogens (tertiary/aromatic N) is 4. The van der Waals surface area contributed by atoms with Crippen LogP contribution in [0.15, 0.2) is 47.6 Å². The van der Waals surface area contributed by atoms with Crippen molar-refractivity contribution in [3.8, 4) is 11.6 Å². The van der Waals surface area contributed by atoms with E-state index in [1.165, 1.54) is 5.69 Å². The molecule has 2 heterocycles. The van der Waals surface area contributed by atoms with Crippen molar-refractivity contribution in [1.82, 2.24) is 15.2 Å². The van der Waals surface area contributed by atoms with Crippen LogP contribution in [0.4, 0.5) is 5.69 Å². The van der Waals surface area contributed by atoms with Gasteiger partial charge in [-0.15, -0.1) is 24.0 Å². The number of methoxy groups -OCH3 is 2. The van der Waals surface area contributed by atoms with Crippen LogP contribution < -0.4 is 19.7 Å². The molecule has 0 saturated carbocycles. The number of hydrogen-bond acceptors (Lipinski definition) is 5. The molecule has 3 rings (SSSR count). The zero-order valence-electron chi connectivity index (χ0n) is 17.3. The predicted octanol–water partition coefficient (Wildman–Crippen LogP) is 3.00. The number of ether oxygens (including phenoxy) is 2. The molecule has 0 atom stereocenters.